The molecule has 1 unspecified atom stereocenters. The van der Waals surface area contributed by atoms with Crippen LogP contribution in [0.5, 0.6) is 0 Å². The maximum atomic E-state index is 13.6. The second kappa shape index (κ2) is 4.76. The van der Waals surface area contributed by atoms with Crippen molar-refractivity contribution in [3.8, 4) is 0 Å². The molecule has 1 saturated heterocycles. The first kappa shape index (κ1) is 12.5. The normalized spacial score (nSPS) is 19.0. The largest absolute Gasteiger partial charge is 0.480 e. The molecular formula is C13H14FNO3. The van der Waals surface area contributed by atoms with Gasteiger partial charge in [-0.3, -0.25) is 4.79 Å². The molecule has 1 aliphatic rings. The van der Waals surface area contributed by atoms with Gasteiger partial charge in [0.15, 0.2) is 0 Å². The molecule has 0 bridgehead atoms. The summed E-state index contributed by atoms with van der Waals surface area (Å²) in [5.74, 6) is -2.18. The Labute approximate surface area is 104 Å². The fourth-order valence-corrected chi connectivity index (χ4v) is 2.22. The molecule has 0 radical (unpaired) electrons. The number of hydrogen-bond acceptors (Lipinski definition) is 2. The minimum absolute atomic E-state index is 0.0526. The quantitative estimate of drug-likeness (QED) is 0.872. The van der Waals surface area contributed by atoms with E-state index < -0.39 is 23.7 Å². The number of carboxylic acid groups (broad SMARTS) is 1. The van der Waals surface area contributed by atoms with Gasteiger partial charge in [0, 0.05) is 6.54 Å². The van der Waals surface area contributed by atoms with Crippen molar-refractivity contribution in [3.05, 3.63) is 35.1 Å². The Morgan fingerprint density at radius 3 is 2.83 bits per heavy atom. The third-order valence-corrected chi connectivity index (χ3v) is 3.15. The first-order valence-corrected chi connectivity index (χ1v) is 5.80. The highest BCUT2D eigenvalue weighted by Crippen LogP contribution is 2.22. The number of nitrogens with zero attached hydrogens (tertiary/aromatic N) is 1. The zero-order valence-electron chi connectivity index (χ0n) is 10.0. The number of hydrogen-bond donors (Lipinski definition) is 1. The van der Waals surface area contributed by atoms with E-state index in [0.29, 0.717) is 19.4 Å². The lowest BCUT2D eigenvalue weighted by atomic mass is 10.1. The van der Waals surface area contributed by atoms with Crippen LogP contribution in [0, 0.1) is 12.7 Å². The van der Waals surface area contributed by atoms with E-state index in [-0.39, 0.29) is 5.56 Å². The van der Waals surface area contributed by atoms with Crippen LogP contribution in [-0.2, 0) is 4.79 Å². The molecule has 1 fully saturated rings. The van der Waals surface area contributed by atoms with Crippen LogP contribution in [0.25, 0.3) is 0 Å². The number of aliphatic carboxylic acids is 1. The Kier molecular flexibility index (Phi) is 3.32. The topological polar surface area (TPSA) is 57.6 Å². The molecule has 96 valence electrons. The fourth-order valence-electron chi connectivity index (χ4n) is 2.22. The van der Waals surface area contributed by atoms with Crippen LogP contribution in [0.1, 0.15) is 28.8 Å². The number of carbonyl (C=O) groups excluding carboxylic acids is 1. The van der Waals surface area contributed by atoms with Gasteiger partial charge in [0.1, 0.15) is 11.9 Å². The highest BCUT2D eigenvalue weighted by molar-refractivity contribution is 5.97. The van der Waals surface area contributed by atoms with Gasteiger partial charge in [-0.05, 0) is 31.9 Å². The van der Waals surface area contributed by atoms with E-state index in [9.17, 15) is 14.0 Å². The van der Waals surface area contributed by atoms with Crippen molar-refractivity contribution in [2.24, 2.45) is 0 Å². The van der Waals surface area contributed by atoms with Crippen molar-refractivity contribution in [2.75, 3.05) is 6.54 Å². The van der Waals surface area contributed by atoms with Gasteiger partial charge in [-0.25, -0.2) is 9.18 Å². The second-order valence-electron chi connectivity index (χ2n) is 4.48. The lowest BCUT2D eigenvalue weighted by Gasteiger charge is -2.21. The first-order chi connectivity index (χ1) is 8.50. The average Bonchev–Trinajstić information content (AvgIpc) is 2.80. The molecule has 0 aromatic heterocycles. The number of likely N-dealkylation sites (tertiary alicyclic amines) is 1. The van der Waals surface area contributed by atoms with E-state index in [4.69, 9.17) is 5.11 Å². The number of aryl methyl sites for hydroxylation is 1. The predicted octanol–water partition coefficient (Wildman–Crippen LogP) is 1.82. The number of benzene rings is 1. The van der Waals surface area contributed by atoms with Crippen LogP contribution in [0.3, 0.4) is 0 Å². The molecule has 1 atom stereocenters. The van der Waals surface area contributed by atoms with Crippen LogP contribution in [-0.4, -0.2) is 34.5 Å². The summed E-state index contributed by atoms with van der Waals surface area (Å²) in [6.45, 7) is 2.12. The molecule has 1 amide bonds. The zero-order chi connectivity index (χ0) is 13.3. The lowest BCUT2D eigenvalue weighted by Crippen LogP contribution is -2.40. The summed E-state index contributed by atoms with van der Waals surface area (Å²) in [4.78, 5) is 24.4. The monoisotopic (exact) mass is 251 g/mol. The van der Waals surface area contributed by atoms with E-state index in [0.717, 1.165) is 5.56 Å². The van der Waals surface area contributed by atoms with Gasteiger partial charge >= 0.3 is 5.97 Å². The third kappa shape index (κ3) is 2.20. The summed E-state index contributed by atoms with van der Waals surface area (Å²) < 4.78 is 13.6. The Morgan fingerprint density at radius 2 is 2.17 bits per heavy atom. The van der Waals surface area contributed by atoms with Crippen molar-refractivity contribution in [1.82, 2.24) is 4.90 Å². The molecule has 0 saturated carbocycles. The van der Waals surface area contributed by atoms with Crippen molar-refractivity contribution in [1.29, 1.82) is 0 Å². The number of carboxylic acids is 1. The molecule has 0 aliphatic carbocycles. The average molecular weight is 251 g/mol. The summed E-state index contributed by atoms with van der Waals surface area (Å²) in [5.41, 5.74) is 0.717. The highest BCUT2D eigenvalue weighted by Gasteiger charge is 2.35. The summed E-state index contributed by atoms with van der Waals surface area (Å²) in [7, 11) is 0. The van der Waals surface area contributed by atoms with Crippen LogP contribution < -0.4 is 0 Å². The van der Waals surface area contributed by atoms with Crippen LogP contribution in [0.15, 0.2) is 18.2 Å². The van der Waals surface area contributed by atoms with Crippen LogP contribution in [0.4, 0.5) is 4.39 Å². The SMILES string of the molecule is Cc1ccc(F)c(C(=O)N2CCCC2C(=O)O)c1. The molecule has 2 rings (SSSR count). The number of amides is 1. The highest BCUT2D eigenvalue weighted by atomic mass is 19.1. The van der Waals surface area contributed by atoms with E-state index >= 15 is 0 Å². The summed E-state index contributed by atoms with van der Waals surface area (Å²) in [5, 5.41) is 9.02. The Hall–Kier alpha value is -1.91. The third-order valence-electron chi connectivity index (χ3n) is 3.15. The lowest BCUT2D eigenvalue weighted by molar-refractivity contribution is -0.141. The first-order valence-electron chi connectivity index (χ1n) is 5.80. The fraction of sp³-hybridized carbons (Fsp3) is 0.385. The molecule has 18 heavy (non-hydrogen) atoms. The van der Waals surface area contributed by atoms with Crippen LogP contribution in [0.2, 0.25) is 0 Å². The molecule has 1 aromatic carbocycles. The van der Waals surface area contributed by atoms with Gasteiger partial charge in [-0.1, -0.05) is 11.6 Å². The number of rotatable bonds is 2. The zero-order valence-corrected chi connectivity index (χ0v) is 10.0. The molecule has 0 spiro atoms. The summed E-state index contributed by atoms with van der Waals surface area (Å²) >= 11 is 0. The van der Waals surface area contributed by atoms with Crippen molar-refractivity contribution in [3.63, 3.8) is 0 Å². The molecule has 1 heterocycles. The molecule has 1 aromatic rings. The van der Waals surface area contributed by atoms with Gasteiger partial charge in [-0.15, -0.1) is 0 Å². The molecular weight excluding hydrogens is 237 g/mol. The maximum absolute atomic E-state index is 13.6. The van der Waals surface area contributed by atoms with Gasteiger partial charge in [0.25, 0.3) is 5.91 Å². The number of carbonyl (C=O) groups is 2. The van der Waals surface area contributed by atoms with E-state index in [1.165, 1.54) is 17.0 Å². The van der Waals surface area contributed by atoms with Crippen molar-refractivity contribution < 1.29 is 19.1 Å². The van der Waals surface area contributed by atoms with Gasteiger partial charge in [0.05, 0.1) is 5.56 Å². The van der Waals surface area contributed by atoms with Gasteiger partial charge in [0.2, 0.25) is 0 Å². The standard InChI is InChI=1S/C13H14FNO3/c1-8-4-5-10(14)9(7-8)12(16)15-6-2-3-11(15)13(17)18/h4-5,7,11H,2-3,6H2,1H3,(H,17,18). The van der Waals surface area contributed by atoms with Gasteiger partial charge in [-0.2, -0.15) is 0 Å². The Bertz CT molecular complexity index is 501. The summed E-state index contributed by atoms with van der Waals surface area (Å²) in [6, 6.07) is 3.42. The molecule has 4 nitrogen and oxygen atoms in total. The summed E-state index contributed by atoms with van der Waals surface area (Å²) in [6.07, 6.45) is 1.06. The molecule has 1 aliphatic heterocycles. The van der Waals surface area contributed by atoms with E-state index in [1.54, 1.807) is 13.0 Å². The minimum atomic E-state index is -1.03. The Balaban J connectivity index is 2.31. The van der Waals surface area contributed by atoms with Crippen molar-refractivity contribution >= 4 is 11.9 Å². The molecule has 5 heteroatoms. The predicted molar refractivity (Wildman–Crippen MR) is 62.8 cm³/mol. The Morgan fingerprint density at radius 1 is 1.44 bits per heavy atom. The second-order valence-corrected chi connectivity index (χ2v) is 4.48. The number of halogens is 1. The molecule has 1 N–H and O–H groups in total. The van der Waals surface area contributed by atoms with E-state index in [1.807, 2.05) is 0 Å². The smallest absolute Gasteiger partial charge is 0.326 e. The maximum Gasteiger partial charge on any atom is 0.326 e. The van der Waals surface area contributed by atoms with Crippen LogP contribution >= 0.6 is 0 Å². The van der Waals surface area contributed by atoms with E-state index in [2.05, 4.69) is 0 Å². The minimum Gasteiger partial charge on any atom is -0.480 e. The van der Waals surface area contributed by atoms with Crippen molar-refractivity contribution in [2.45, 2.75) is 25.8 Å². The van der Waals surface area contributed by atoms with Gasteiger partial charge < -0.3 is 10.0 Å².